The largest absolute Gasteiger partial charge is 0.397 e. The van der Waals surface area contributed by atoms with Crippen molar-refractivity contribution in [3.63, 3.8) is 0 Å². The minimum absolute atomic E-state index is 0.189. The van der Waals surface area contributed by atoms with Crippen LogP contribution in [0, 0.1) is 11.6 Å². The summed E-state index contributed by atoms with van der Waals surface area (Å²) in [4.78, 5) is 12.7. The molecule has 0 radical (unpaired) electrons. The van der Waals surface area contributed by atoms with Gasteiger partial charge in [-0.3, -0.25) is 4.79 Å². The molecule has 21 heavy (non-hydrogen) atoms. The van der Waals surface area contributed by atoms with Crippen LogP contribution in [0.25, 0.3) is 0 Å². The van der Waals surface area contributed by atoms with Crippen molar-refractivity contribution in [1.29, 1.82) is 0 Å². The lowest BCUT2D eigenvalue weighted by molar-refractivity contribution is -0.115. The summed E-state index contributed by atoms with van der Waals surface area (Å²) in [6.07, 6.45) is 0.277. The van der Waals surface area contributed by atoms with Gasteiger partial charge >= 0.3 is 0 Å². The van der Waals surface area contributed by atoms with Crippen molar-refractivity contribution in [2.75, 3.05) is 16.8 Å². The summed E-state index contributed by atoms with van der Waals surface area (Å²) in [5, 5.41) is 2.63. The first kappa shape index (κ1) is 15.3. The summed E-state index contributed by atoms with van der Waals surface area (Å²) < 4.78 is 25.6. The fourth-order valence-corrected chi connectivity index (χ4v) is 2.50. The number of carbonyl (C=O) groups excluding carboxylic acids is 1. The van der Waals surface area contributed by atoms with Crippen LogP contribution in [0.5, 0.6) is 0 Å². The Kier molecular flexibility index (Phi) is 5.16. The minimum atomic E-state index is -0.447. The molecule has 110 valence electrons. The second-order valence-electron chi connectivity index (χ2n) is 4.33. The highest BCUT2D eigenvalue weighted by Crippen LogP contribution is 2.21. The molecule has 0 atom stereocenters. The summed E-state index contributed by atoms with van der Waals surface area (Å²) in [6.45, 7) is 0. The number of thioether (sulfide) groups is 1. The molecule has 0 heterocycles. The number of benzene rings is 2. The average molecular weight is 308 g/mol. The quantitative estimate of drug-likeness (QED) is 0.654. The molecule has 0 aromatic heterocycles. The maximum Gasteiger partial charge on any atom is 0.225 e. The van der Waals surface area contributed by atoms with Crippen LogP contribution in [0.2, 0.25) is 0 Å². The molecule has 3 N–H and O–H groups in total. The van der Waals surface area contributed by atoms with Crippen LogP contribution in [0.4, 0.5) is 20.2 Å². The Morgan fingerprint density at radius 1 is 1.10 bits per heavy atom. The summed E-state index contributed by atoms with van der Waals surface area (Å²) in [5.41, 5.74) is 6.19. The summed E-state index contributed by atoms with van der Waals surface area (Å²) in [7, 11) is 0. The zero-order valence-electron chi connectivity index (χ0n) is 11.1. The molecular weight excluding hydrogens is 294 g/mol. The molecule has 2 aromatic rings. The van der Waals surface area contributed by atoms with Crippen molar-refractivity contribution in [3.8, 4) is 0 Å². The number of halogens is 2. The molecule has 0 spiro atoms. The number of hydrogen-bond acceptors (Lipinski definition) is 3. The van der Waals surface area contributed by atoms with E-state index in [-0.39, 0.29) is 23.8 Å². The molecule has 0 bridgehead atoms. The molecule has 1 amide bonds. The topological polar surface area (TPSA) is 55.1 Å². The van der Waals surface area contributed by atoms with Gasteiger partial charge in [0.1, 0.15) is 11.6 Å². The van der Waals surface area contributed by atoms with Gasteiger partial charge in [-0.25, -0.2) is 8.78 Å². The van der Waals surface area contributed by atoms with Gasteiger partial charge in [0.15, 0.2) is 0 Å². The van der Waals surface area contributed by atoms with Gasteiger partial charge in [0.05, 0.1) is 11.4 Å². The third-order valence-corrected chi connectivity index (χ3v) is 3.71. The van der Waals surface area contributed by atoms with Crippen molar-refractivity contribution in [2.24, 2.45) is 0 Å². The lowest BCUT2D eigenvalue weighted by Gasteiger charge is -2.08. The number of rotatable bonds is 5. The van der Waals surface area contributed by atoms with Crippen LogP contribution in [-0.2, 0) is 4.79 Å². The Labute approximate surface area is 125 Å². The second kappa shape index (κ2) is 7.08. The molecule has 3 nitrogen and oxygen atoms in total. The lowest BCUT2D eigenvalue weighted by atomic mass is 10.2. The van der Waals surface area contributed by atoms with Crippen LogP contribution in [0.15, 0.2) is 47.4 Å². The number of nitrogens with one attached hydrogen (secondary N) is 1. The van der Waals surface area contributed by atoms with E-state index in [2.05, 4.69) is 5.32 Å². The van der Waals surface area contributed by atoms with Crippen LogP contribution < -0.4 is 11.1 Å². The Balaban J connectivity index is 1.81. The van der Waals surface area contributed by atoms with Crippen molar-refractivity contribution in [1.82, 2.24) is 0 Å². The Bertz CT molecular complexity index is 632. The van der Waals surface area contributed by atoms with Gasteiger partial charge in [-0.2, -0.15) is 0 Å². The molecule has 0 aliphatic heterocycles. The fourth-order valence-electron chi connectivity index (χ4n) is 1.65. The predicted octanol–water partition coefficient (Wildman–Crippen LogP) is 3.67. The normalized spacial score (nSPS) is 10.4. The van der Waals surface area contributed by atoms with E-state index < -0.39 is 5.82 Å². The van der Waals surface area contributed by atoms with E-state index in [0.717, 1.165) is 11.0 Å². The number of hydrogen-bond donors (Lipinski definition) is 2. The third kappa shape index (κ3) is 4.75. The Morgan fingerprint density at radius 3 is 2.43 bits per heavy atom. The van der Waals surface area contributed by atoms with Crippen LogP contribution in [0.1, 0.15) is 6.42 Å². The molecule has 6 heteroatoms. The molecule has 0 saturated carbocycles. The number of anilines is 2. The number of nitrogen functional groups attached to an aromatic ring is 1. The van der Waals surface area contributed by atoms with Crippen LogP contribution in [-0.4, -0.2) is 11.7 Å². The number of amides is 1. The second-order valence-corrected chi connectivity index (χ2v) is 5.50. The molecule has 2 rings (SSSR count). The highest BCUT2D eigenvalue weighted by molar-refractivity contribution is 7.99. The van der Waals surface area contributed by atoms with Crippen molar-refractivity contribution in [3.05, 3.63) is 54.1 Å². The smallest absolute Gasteiger partial charge is 0.225 e. The first-order chi connectivity index (χ1) is 10.0. The Hall–Kier alpha value is -2.08. The highest BCUT2D eigenvalue weighted by atomic mass is 32.2. The molecule has 2 aromatic carbocycles. The van der Waals surface area contributed by atoms with E-state index in [0.29, 0.717) is 11.4 Å². The van der Waals surface area contributed by atoms with Gasteiger partial charge in [-0.1, -0.05) is 0 Å². The first-order valence-corrected chi connectivity index (χ1v) is 7.26. The standard InChI is InChI=1S/C15H14F2N2OS/c16-10-1-4-12(5-2-10)21-8-7-15(20)19-14-6-3-11(17)9-13(14)18/h1-6,9H,7-8,18H2,(H,19,20). The van der Waals surface area contributed by atoms with Crippen molar-refractivity contribution in [2.45, 2.75) is 11.3 Å². The van der Waals surface area contributed by atoms with E-state index in [1.807, 2.05) is 0 Å². The minimum Gasteiger partial charge on any atom is -0.397 e. The summed E-state index contributed by atoms with van der Waals surface area (Å²) in [6, 6.07) is 9.90. The number of carbonyl (C=O) groups is 1. The van der Waals surface area contributed by atoms with E-state index in [4.69, 9.17) is 5.73 Å². The van der Waals surface area contributed by atoms with Gasteiger partial charge in [-0.15, -0.1) is 11.8 Å². The first-order valence-electron chi connectivity index (χ1n) is 6.28. The predicted molar refractivity (Wildman–Crippen MR) is 81.2 cm³/mol. The van der Waals surface area contributed by atoms with E-state index >= 15 is 0 Å². The molecule has 0 fully saturated rings. The van der Waals surface area contributed by atoms with Gasteiger partial charge in [-0.05, 0) is 42.5 Å². The monoisotopic (exact) mass is 308 g/mol. The van der Waals surface area contributed by atoms with Crippen LogP contribution >= 0.6 is 11.8 Å². The maximum atomic E-state index is 12.9. The van der Waals surface area contributed by atoms with Crippen LogP contribution in [0.3, 0.4) is 0 Å². The Morgan fingerprint density at radius 2 is 1.76 bits per heavy atom. The zero-order valence-corrected chi connectivity index (χ0v) is 11.9. The van der Waals surface area contributed by atoms with Gasteiger partial charge in [0.2, 0.25) is 5.91 Å². The molecule has 0 aliphatic rings. The third-order valence-electron chi connectivity index (χ3n) is 2.70. The maximum absolute atomic E-state index is 12.9. The molecule has 0 saturated heterocycles. The van der Waals surface area contributed by atoms with E-state index in [1.165, 1.54) is 36.0 Å². The lowest BCUT2D eigenvalue weighted by Crippen LogP contribution is -2.13. The number of nitrogens with two attached hydrogens (primary N) is 1. The fraction of sp³-hybridized carbons (Fsp3) is 0.133. The van der Waals surface area contributed by atoms with Crippen molar-refractivity contribution < 1.29 is 13.6 Å². The average Bonchev–Trinajstić information content (AvgIpc) is 2.44. The molecule has 0 aliphatic carbocycles. The zero-order chi connectivity index (χ0) is 15.2. The SMILES string of the molecule is Nc1cc(F)ccc1NC(=O)CCSc1ccc(F)cc1. The highest BCUT2D eigenvalue weighted by Gasteiger charge is 2.06. The van der Waals surface area contributed by atoms with Gasteiger partial charge in [0, 0.05) is 17.1 Å². The molecular formula is C15H14F2N2OS. The van der Waals surface area contributed by atoms with E-state index in [9.17, 15) is 13.6 Å². The summed E-state index contributed by atoms with van der Waals surface area (Å²) in [5.74, 6) is -0.386. The van der Waals surface area contributed by atoms with Gasteiger partial charge in [0.25, 0.3) is 0 Å². The van der Waals surface area contributed by atoms with Gasteiger partial charge < -0.3 is 11.1 Å². The van der Waals surface area contributed by atoms with Crippen molar-refractivity contribution >= 4 is 29.0 Å². The summed E-state index contributed by atoms with van der Waals surface area (Å²) >= 11 is 1.46. The van der Waals surface area contributed by atoms with E-state index in [1.54, 1.807) is 12.1 Å². The molecule has 0 unspecified atom stereocenters.